The number of ether oxygens (including phenoxy) is 2. The summed E-state index contributed by atoms with van der Waals surface area (Å²) in [6, 6.07) is 0. The van der Waals surface area contributed by atoms with E-state index in [1.807, 2.05) is 0 Å². The molecule has 2 heteroatoms. The van der Waals surface area contributed by atoms with Crippen LogP contribution < -0.4 is 0 Å². The van der Waals surface area contributed by atoms with Gasteiger partial charge in [0.2, 0.25) is 0 Å². The third-order valence-corrected chi connectivity index (χ3v) is 1.94. The Morgan fingerprint density at radius 2 is 2.33 bits per heavy atom. The third-order valence-electron chi connectivity index (χ3n) is 1.94. The van der Waals surface area contributed by atoms with Gasteiger partial charge < -0.3 is 9.47 Å². The van der Waals surface area contributed by atoms with E-state index >= 15 is 0 Å². The first kappa shape index (κ1) is 7.03. The van der Waals surface area contributed by atoms with E-state index in [0.717, 1.165) is 19.6 Å². The molecule has 0 amide bonds. The first-order chi connectivity index (χ1) is 4.34. The van der Waals surface area contributed by atoms with Gasteiger partial charge in [-0.25, -0.2) is 0 Å². The molecule has 1 unspecified atom stereocenters. The topological polar surface area (TPSA) is 18.5 Å². The van der Waals surface area contributed by atoms with Crippen LogP contribution in [0.3, 0.4) is 0 Å². The molecule has 0 aliphatic carbocycles. The molecule has 0 aromatic rings. The van der Waals surface area contributed by atoms with Gasteiger partial charge in [-0.1, -0.05) is 6.92 Å². The molecule has 2 atom stereocenters. The Morgan fingerprint density at radius 3 is 2.78 bits per heavy atom. The van der Waals surface area contributed by atoms with E-state index < -0.39 is 0 Å². The van der Waals surface area contributed by atoms with Gasteiger partial charge in [0, 0.05) is 13.7 Å². The largest absolute Gasteiger partial charge is 0.379 e. The van der Waals surface area contributed by atoms with Crippen LogP contribution in [0.5, 0.6) is 0 Å². The van der Waals surface area contributed by atoms with Crippen LogP contribution in [0.2, 0.25) is 0 Å². The lowest BCUT2D eigenvalue weighted by molar-refractivity contribution is -0.0600. The number of rotatable bonds is 1. The minimum Gasteiger partial charge on any atom is -0.379 e. The minimum atomic E-state index is 0.332. The molecule has 0 saturated carbocycles. The van der Waals surface area contributed by atoms with Crippen molar-refractivity contribution in [1.29, 1.82) is 0 Å². The van der Waals surface area contributed by atoms with Gasteiger partial charge in [0.25, 0.3) is 0 Å². The standard InChI is InChI=1S/C7H14O2/c1-6-3-4-9-5-7(6)8-2/h6-7H,3-5H2,1-2H3/t6?,7-/m1/s1. The average Bonchev–Trinajstić information content (AvgIpc) is 1.89. The predicted molar refractivity (Wildman–Crippen MR) is 35.4 cm³/mol. The highest BCUT2D eigenvalue weighted by atomic mass is 16.5. The highest BCUT2D eigenvalue weighted by molar-refractivity contribution is 4.69. The van der Waals surface area contributed by atoms with Crippen LogP contribution in [0.4, 0.5) is 0 Å². The molecule has 1 rings (SSSR count). The molecule has 1 fully saturated rings. The molecule has 1 heterocycles. The second kappa shape index (κ2) is 3.18. The van der Waals surface area contributed by atoms with Gasteiger partial charge in [-0.05, 0) is 12.3 Å². The Labute approximate surface area is 56.2 Å². The van der Waals surface area contributed by atoms with Crippen molar-refractivity contribution in [2.24, 2.45) is 5.92 Å². The molecule has 9 heavy (non-hydrogen) atoms. The summed E-state index contributed by atoms with van der Waals surface area (Å²) >= 11 is 0. The second-order valence-electron chi connectivity index (χ2n) is 2.62. The van der Waals surface area contributed by atoms with Crippen LogP contribution in [0.15, 0.2) is 0 Å². The van der Waals surface area contributed by atoms with Crippen molar-refractivity contribution >= 4 is 0 Å². The Hall–Kier alpha value is -0.0800. The Morgan fingerprint density at radius 1 is 1.56 bits per heavy atom. The van der Waals surface area contributed by atoms with Gasteiger partial charge >= 0.3 is 0 Å². The summed E-state index contributed by atoms with van der Waals surface area (Å²) in [7, 11) is 1.75. The highest BCUT2D eigenvalue weighted by Crippen LogP contribution is 2.16. The van der Waals surface area contributed by atoms with Crippen molar-refractivity contribution in [1.82, 2.24) is 0 Å². The van der Waals surface area contributed by atoms with Crippen molar-refractivity contribution < 1.29 is 9.47 Å². The molecule has 1 aliphatic heterocycles. The molecule has 2 nitrogen and oxygen atoms in total. The van der Waals surface area contributed by atoms with Gasteiger partial charge in [0.15, 0.2) is 0 Å². The van der Waals surface area contributed by atoms with Crippen LogP contribution in [-0.4, -0.2) is 26.4 Å². The van der Waals surface area contributed by atoms with Gasteiger partial charge in [0.05, 0.1) is 12.7 Å². The van der Waals surface area contributed by atoms with E-state index in [1.54, 1.807) is 7.11 Å². The van der Waals surface area contributed by atoms with E-state index in [1.165, 1.54) is 0 Å². The Bertz CT molecular complexity index is 83.0. The summed E-state index contributed by atoms with van der Waals surface area (Å²) in [4.78, 5) is 0. The quantitative estimate of drug-likeness (QED) is 0.528. The number of hydrogen-bond acceptors (Lipinski definition) is 2. The Kier molecular flexibility index (Phi) is 2.49. The van der Waals surface area contributed by atoms with E-state index in [0.29, 0.717) is 12.0 Å². The molecule has 54 valence electrons. The van der Waals surface area contributed by atoms with Crippen LogP contribution in [0.1, 0.15) is 13.3 Å². The normalized spacial score (nSPS) is 36.7. The van der Waals surface area contributed by atoms with Crippen molar-refractivity contribution in [3.63, 3.8) is 0 Å². The van der Waals surface area contributed by atoms with Gasteiger partial charge in [-0.3, -0.25) is 0 Å². The summed E-state index contributed by atoms with van der Waals surface area (Å²) < 4.78 is 10.4. The predicted octanol–water partition coefficient (Wildman–Crippen LogP) is 1.06. The maximum absolute atomic E-state index is 5.22. The lowest BCUT2D eigenvalue weighted by Crippen LogP contribution is -2.31. The van der Waals surface area contributed by atoms with E-state index in [2.05, 4.69) is 6.92 Å². The van der Waals surface area contributed by atoms with Crippen LogP contribution in [0.25, 0.3) is 0 Å². The average molecular weight is 130 g/mol. The van der Waals surface area contributed by atoms with Crippen molar-refractivity contribution in [3.05, 3.63) is 0 Å². The molecule has 1 aliphatic rings. The zero-order valence-corrected chi connectivity index (χ0v) is 6.09. The SMILES string of the molecule is CO[C@@H]1COCCC1C. The van der Waals surface area contributed by atoms with E-state index in [-0.39, 0.29) is 0 Å². The molecule has 1 saturated heterocycles. The maximum atomic E-state index is 5.22. The van der Waals surface area contributed by atoms with Gasteiger partial charge in [-0.2, -0.15) is 0 Å². The van der Waals surface area contributed by atoms with Gasteiger partial charge in [0.1, 0.15) is 0 Å². The summed E-state index contributed by atoms with van der Waals surface area (Å²) in [6.07, 6.45) is 1.47. The molecule has 0 N–H and O–H groups in total. The Balaban J connectivity index is 2.30. The zero-order chi connectivity index (χ0) is 6.69. The zero-order valence-electron chi connectivity index (χ0n) is 6.09. The molecule has 0 radical (unpaired) electrons. The van der Waals surface area contributed by atoms with Crippen LogP contribution in [-0.2, 0) is 9.47 Å². The van der Waals surface area contributed by atoms with Crippen molar-refractivity contribution in [3.8, 4) is 0 Å². The monoisotopic (exact) mass is 130 g/mol. The summed E-state index contributed by atoms with van der Waals surface area (Å²) in [5, 5.41) is 0. The maximum Gasteiger partial charge on any atom is 0.0830 e. The molecule has 0 aromatic carbocycles. The fraction of sp³-hybridized carbons (Fsp3) is 1.00. The minimum absolute atomic E-state index is 0.332. The molecular formula is C7H14O2. The molecular weight excluding hydrogens is 116 g/mol. The number of hydrogen-bond donors (Lipinski definition) is 0. The summed E-state index contributed by atoms with van der Waals surface area (Å²) in [6.45, 7) is 3.88. The van der Waals surface area contributed by atoms with E-state index in [9.17, 15) is 0 Å². The van der Waals surface area contributed by atoms with Crippen LogP contribution in [0, 0.1) is 5.92 Å². The molecule has 0 aromatic heterocycles. The van der Waals surface area contributed by atoms with Crippen molar-refractivity contribution in [2.75, 3.05) is 20.3 Å². The second-order valence-corrected chi connectivity index (χ2v) is 2.62. The van der Waals surface area contributed by atoms with E-state index in [4.69, 9.17) is 9.47 Å². The molecule has 0 bridgehead atoms. The lowest BCUT2D eigenvalue weighted by Gasteiger charge is -2.27. The lowest BCUT2D eigenvalue weighted by atomic mass is 10.00. The first-order valence-electron chi connectivity index (χ1n) is 3.45. The number of methoxy groups -OCH3 is 1. The molecule has 0 spiro atoms. The fourth-order valence-corrected chi connectivity index (χ4v) is 1.12. The summed E-state index contributed by atoms with van der Waals surface area (Å²) in [5.74, 6) is 0.670. The highest BCUT2D eigenvalue weighted by Gasteiger charge is 2.20. The fourth-order valence-electron chi connectivity index (χ4n) is 1.12. The van der Waals surface area contributed by atoms with Crippen molar-refractivity contribution in [2.45, 2.75) is 19.4 Å². The smallest absolute Gasteiger partial charge is 0.0830 e. The van der Waals surface area contributed by atoms with Gasteiger partial charge in [-0.15, -0.1) is 0 Å². The first-order valence-corrected chi connectivity index (χ1v) is 3.45. The summed E-state index contributed by atoms with van der Waals surface area (Å²) in [5.41, 5.74) is 0. The van der Waals surface area contributed by atoms with Crippen LogP contribution >= 0.6 is 0 Å². The third kappa shape index (κ3) is 1.66.